The molecular formula is C14H17FN4O5S. The Labute approximate surface area is 143 Å². The van der Waals surface area contributed by atoms with E-state index in [1.54, 1.807) is 0 Å². The van der Waals surface area contributed by atoms with Gasteiger partial charge in [0.05, 0.1) is 6.04 Å². The minimum Gasteiger partial charge on any atom is -0.345 e. The number of amides is 3. The first-order chi connectivity index (χ1) is 11.7. The van der Waals surface area contributed by atoms with Crippen LogP contribution in [0.2, 0.25) is 0 Å². The standard InChI is InChI=1S/C14H17FN4O5S/c1-8(19-25(23,24)11-5-3-2-4-10(11)15)12(20)17-18-14(22)13(21)16-9-6-7-9/h2-5,8-9,19H,6-7H2,1H3,(H,16,21)(H,17,20)(H,18,22)/t8-/m0/s1. The van der Waals surface area contributed by atoms with Crippen LogP contribution < -0.4 is 20.9 Å². The van der Waals surface area contributed by atoms with Crippen LogP contribution in [0.15, 0.2) is 29.2 Å². The Morgan fingerprint density at radius 2 is 1.76 bits per heavy atom. The molecule has 0 aromatic heterocycles. The molecular weight excluding hydrogens is 355 g/mol. The summed E-state index contributed by atoms with van der Waals surface area (Å²) in [7, 11) is -4.28. The Bertz CT molecular complexity index is 794. The second-order valence-corrected chi connectivity index (χ2v) is 7.15. The van der Waals surface area contributed by atoms with Gasteiger partial charge in [0.2, 0.25) is 10.0 Å². The molecule has 0 aliphatic heterocycles. The van der Waals surface area contributed by atoms with E-state index in [1.807, 2.05) is 15.6 Å². The average Bonchev–Trinajstić information content (AvgIpc) is 3.35. The molecule has 1 aromatic carbocycles. The van der Waals surface area contributed by atoms with Gasteiger partial charge in [0, 0.05) is 6.04 Å². The van der Waals surface area contributed by atoms with Crippen molar-refractivity contribution in [3.63, 3.8) is 0 Å². The van der Waals surface area contributed by atoms with Crippen molar-refractivity contribution in [1.29, 1.82) is 0 Å². The van der Waals surface area contributed by atoms with Gasteiger partial charge in [-0.25, -0.2) is 12.8 Å². The number of hydrogen-bond donors (Lipinski definition) is 4. The van der Waals surface area contributed by atoms with Gasteiger partial charge in [0.1, 0.15) is 10.7 Å². The molecule has 136 valence electrons. The summed E-state index contributed by atoms with van der Waals surface area (Å²) in [5.74, 6) is -3.87. The Morgan fingerprint density at radius 3 is 2.36 bits per heavy atom. The van der Waals surface area contributed by atoms with E-state index in [9.17, 15) is 27.2 Å². The molecule has 11 heteroatoms. The molecule has 0 unspecified atom stereocenters. The van der Waals surface area contributed by atoms with Gasteiger partial charge in [0.15, 0.2) is 0 Å². The third-order valence-electron chi connectivity index (χ3n) is 3.27. The number of rotatable bonds is 5. The maximum absolute atomic E-state index is 13.6. The third-order valence-corrected chi connectivity index (χ3v) is 4.84. The van der Waals surface area contributed by atoms with Crippen LogP contribution in [0, 0.1) is 5.82 Å². The summed E-state index contributed by atoms with van der Waals surface area (Å²) in [5, 5.41) is 2.42. The largest absolute Gasteiger partial charge is 0.345 e. The van der Waals surface area contributed by atoms with Crippen molar-refractivity contribution >= 4 is 27.7 Å². The van der Waals surface area contributed by atoms with E-state index in [1.165, 1.54) is 19.1 Å². The van der Waals surface area contributed by atoms with Gasteiger partial charge in [-0.1, -0.05) is 12.1 Å². The summed E-state index contributed by atoms with van der Waals surface area (Å²) in [6.07, 6.45) is 1.58. The molecule has 1 atom stereocenters. The lowest BCUT2D eigenvalue weighted by Gasteiger charge is -2.15. The van der Waals surface area contributed by atoms with Crippen LogP contribution in [0.3, 0.4) is 0 Å². The molecule has 0 saturated heterocycles. The number of sulfonamides is 1. The number of halogens is 1. The zero-order valence-corrected chi connectivity index (χ0v) is 14.0. The summed E-state index contributed by atoms with van der Waals surface area (Å²) >= 11 is 0. The van der Waals surface area contributed by atoms with Crippen molar-refractivity contribution in [3.05, 3.63) is 30.1 Å². The van der Waals surface area contributed by atoms with Crippen LogP contribution in [-0.2, 0) is 24.4 Å². The van der Waals surface area contributed by atoms with Crippen LogP contribution in [0.1, 0.15) is 19.8 Å². The van der Waals surface area contributed by atoms with E-state index >= 15 is 0 Å². The van der Waals surface area contributed by atoms with Crippen molar-refractivity contribution in [1.82, 2.24) is 20.9 Å². The fourth-order valence-electron chi connectivity index (χ4n) is 1.77. The highest BCUT2D eigenvalue weighted by Gasteiger charge is 2.28. The average molecular weight is 372 g/mol. The number of nitrogens with one attached hydrogen (secondary N) is 4. The fraction of sp³-hybridized carbons (Fsp3) is 0.357. The molecule has 0 heterocycles. The van der Waals surface area contributed by atoms with Gasteiger partial charge in [-0.05, 0) is 31.9 Å². The molecule has 0 radical (unpaired) electrons. The summed E-state index contributed by atoms with van der Waals surface area (Å²) in [6.45, 7) is 1.20. The fourth-order valence-corrected chi connectivity index (χ4v) is 3.06. The van der Waals surface area contributed by atoms with Gasteiger partial charge in [-0.3, -0.25) is 25.2 Å². The molecule has 4 N–H and O–H groups in total. The van der Waals surface area contributed by atoms with Crippen LogP contribution in [0.25, 0.3) is 0 Å². The lowest BCUT2D eigenvalue weighted by molar-refractivity contribution is -0.141. The molecule has 3 amide bonds. The minimum absolute atomic E-state index is 0.0274. The van der Waals surface area contributed by atoms with Crippen LogP contribution in [0.5, 0.6) is 0 Å². The van der Waals surface area contributed by atoms with Crippen molar-refractivity contribution in [2.24, 2.45) is 0 Å². The Hall–Kier alpha value is -2.53. The maximum Gasteiger partial charge on any atom is 0.327 e. The lowest BCUT2D eigenvalue weighted by Crippen LogP contribution is -2.54. The molecule has 1 fully saturated rings. The van der Waals surface area contributed by atoms with Gasteiger partial charge in [0.25, 0.3) is 5.91 Å². The minimum atomic E-state index is -4.28. The lowest BCUT2D eigenvalue weighted by atomic mass is 10.3. The van der Waals surface area contributed by atoms with Crippen LogP contribution in [0.4, 0.5) is 4.39 Å². The van der Waals surface area contributed by atoms with Gasteiger partial charge < -0.3 is 5.32 Å². The van der Waals surface area contributed by atoms with Crippen molar-refractivity contribution in [2.75, 3.05) is 0 Å². The SMILES string of the molecule is C[C@H](NS(=O)(=O)c1ccccc1F)C(=O)NNC(=O)C(=O)NC1CC1. The van der Waals surface area contributed by atoms with Crippen molar-refractivity contribution in [3.8, 4) is 0 Å². The number of hydrogen-bond acceptors (Lipinski definition) is 5. The zero-order valence-electron chi connectivity index (χ0n) is 13.2. The molecule has 9 nitrogen and oxygen atoms in total. The first kappa shape index (κ1) is 18.8. The quantitative estimate of drug-likeness (QED) is 0.385. The second kappa shape index (κ2) is 7.57. The molecule has 25 heavy (non-hydrogen) atoms. The first-order valence-corrected chi connectivity index (χ1v) is 8.86. The van der Waals surface area contributed by atoms with E-state index in [4.69, 9.17) is 0 Å². The first-order valence-electron chi connectivity index (χ1n) is 7.38. The molecule has 0 spiro atoms. The normalized spacial score (nSPS) is 15.1. The summed E-state index contributed by atoms with van der Waals surface area (Å²) in [5.41, 5.74) is 3.80. The van der Waals surface area contributed by atoms with Crippen molar-refractivity contribution in [2.45, 2.75) is 36.7 Å². The van der Waals surface area contributed by atoms with E-state index in [-0.39, 0.29) is 6.04 Å². The summed E-state index contributed by atoms with van der Waals surface area (Å²) in [4.78, 5) is 34.1. The van der Waals surface area contributed by atoms with Gasteiger partial charge in [-0.15, -0.1) is 0 Å². The Balaban J connectivity index is 1.88. The highest BCUT2D eigenvalue weighted by molar-refractivity contribution is 7.89. The van der Waals surface area contributed by atoms with E-state index in [2.05, 4.69) is 5.32 Å². The van der Waals surface area contributed by atoms with Crippen LogP contribution >= 0.6 is 0 Å². The molecule has 0 bridgehead atoms. The molecule has 1 aliphatic carbocycles. The van der Waals surface area contributed by atoms with Crippen molar-refractivity contribution < 1.29 is 27.2 Å². The topological polar surface area (TPSA) is 133 Å². The van der Waals surface area contributed by atoms with E-state index < -0.39 is 44.5 Å². The van der Waals surface area contributed by atoms with Crippen LogP contribution in [-0.4, -0.2) is 38.2 Å². The smallest absolute Gasteiger partial charge is 0.327 e. The number of carbonyl (C=O) groups excluding carboxylic acids is 3. The number of carbonyl (C=O) groups is 3. The molecule has 1 aliphatic rings. The Kier molecular flexibility index (Phi) is 5.69. The van der Waals surface area contributed by atoms with Gasteiger partial charge >= 0.3 is 11.8 Å². The second-order valence-electron chi connectivity index (χ2n) is 5.46. The monoisotopic (exact) mass is 372 g/mol. The highest BCUT2D eigenvalue weighted by Crippen LogP contribution is 2.18. The molecule has 2 rings (SSSR count). The third kappa shape index (κ3) is 5.22. The molecule has 1 aromatic rings. The number of hydrazine groups is 1. The highest BCUT2D eigenvalue weighted by atomic mass is 32.2. The van der Waals surface area contributed by atoms with E-state index in [0.717, 1.165) is 25.0 Å². The predicted octanol–water partition coefficient (Wildman–Crippen LogP) is -1.08. The predicted molar refractivity (Wildman–Crippen MR) is 83.6 cm³/mol. The summed E-state index contributed by atoms with van der Waals surface area (Å²) < 4.78 is 39.7. The number of benzene rings is 1. The van der Waals surface area contributed by atoms with Gasteiger partial charge in [-0.2, -0.15) is 4.72 Å². The Morgan fingerprint density at radius 1 is 1.12 bits per heavy atom. The van der Waals surface area contributed by atoms with E-state index in [0.29, 0.717) is 0 Å². The summed E-state index contributed by atoms with van der Waals surface area (Å²) in [6, 6.07) is 3.33. The molecule has 1 saturated carbocycles. The maximum atomic E-state index is 13.6. The zero-order chi connectivity index (χ0) is 18.6.